The first kappa shape index (κ1) is 18.7. The van der Waals surface area contributed by atoms with Crippen LogP contribution in [-0.2, 0) is 4.74 Å². The van der Waals surface area contributed by atoms with Gasteiger partial charge < -0.3 is 9.64 Å². The number of nitrogens with zero attached hydrogens (tertiary/aromatic N) is 4. The maximum atomic E-state index is 12.7. The van der Waals surface area contributed by atoms with E-state index in [1.54, 1.807) is 25.1 Å². The van der Waals surface area contributed by atoms with Gasteiger partial charge in [-0.15, -0.1) is 0 Å². The third-order valence-corrected chi connectivity index (χ3v) is 6.45. The van der Waals surface area contributed by atoms with Gasteiger partial charge in [0.25, 0.3) is 0 Å². The van der Waals surface area contributed by atoms with E-state index in [0.717, 1.165) is 39.0 Å². The predicted octanol–water partition coefficient (Wildman–Crippen LogP) is 3.64. The Morgan fingerprint density at radius 3 is 2.59 bits per heavy atom. The van der Waals surface area contributed by atoms with Gasteiger partial charge in [0.15, 0.2) is 0 Å². The van der Waals surface area contributed by atoms with Gasteiger partial charge in [0.2, 0.25) is 5.95 Å². The van der Waals surface area contributed by atoms with Crippen molar-refractivity contribution in [3.63, 3.8) is 0 Å². The molecule has 1 spiro atoms. The van der Waals surface area contributed by atoms with Crippen molar-refractivity contribution in [1.82, 2.24) is 14.5 Å². The molecule has 1 aromatic carbocycles. The largest absolute Gasteiger partial charge is 0.378 e. The van der Waals surface area contributed by atoms with Gasteiger partial charge in [0.1, 0.15) is 5.82 Å². The van der Waals surface area contributed by atoms with Gasteiger partial charge in [-0.1, -0.05) is 29.3 Å². The van der Waals surface area contributed by atoms with E-state index in [0.29, 0.717) is 33.6 Å². The fraction of sp³-hybridized carbons (Fsp3) is 0.526. The van der Waals surface area contributed by atoms with E-state index in [2.05, 4.69) is 21.8 Å². The molecule has 2 fully saturated rings. The monoisotopic (exact) mass is 408 g/mol. The molecule has 0 aliphatic carbocycles. The Labute approximate surface area is 168 Å². The van der Waals surface area contributed by atoms with Crippen LogP contribution in [0.5, 0.6) is 0 Å². The molecule has 4 rings (SSSR count). The minimum Gasteiger partial charge on any atom is -0.378 e. The zero-order valence-electron chi connectivity index (χ0n) is 15.4. The number of hydrogen-bond donors (Lipinski definition) is 0. The zero-order chi connectivity index (χ0) is 19.2. The topological polar surface area (TPSA) is 60.2 Å². The van der Waals surface area contributed by atoms with Gasteiger partial charge >= 0.3 is 5.69 Å². The summed E-state index contributed by atoms with van der Waals surface area (Å²) in [6.07, 6.45) is 3.50. The average Bonchev–Trinajstić information content (AvgIpc) is 2.99. The molecule has 0 N–H and O–H groups in total. The molecule has 144 valence electrons. The van der Waals surface area contributed by atoms with E-state index >= 15 is 0 Å². The van der Waals surface area contributed by atoms with Gasteiger partial charge in [-0.2, -0.15) is 9.97 Å². The Kier molecular flexibility index (Phi) is 4.91. The molecule has 0 bridgehead atoms. The van der Waals surface area contributed by atoms with Crippen LogP contribution >= 0.6 is 23.2 Å². The summed E-state index contributed by atoms with van der Waals surface area (Å²) in [4.78, 5) is 23.6. The third-order valence-electron chi connectivity index (χ3n) is 5.65. The van der Waals surface area contributed by atoms with Gasteiger partial charge in [0, 0.05) is 13.1 Å². The van der Waals surface area contributed by atoms with Crippen LogP contribution < -0.4 is 10.6 Å². The van der Waals surface area contributed by atoms with Gasteiger partial charge in [-0.05, 0) is 50.7 Å². The minimum absolute atomic E-state index is 0.272. The van der Waals surface area contributed by atoms with Crippen LogP contribution in [0.2, 0.25) is 10.0 Å². The maximum absolute atomic E-state index is 12.7. The van der Waals surface area contributed by atoms with Crippen LogP contribution in [0.3, 0.4) is 0 Å². The summed E-state index contributed by atoms with van der Waals surface area (Å²) >= 11 is 12.4. The lowest BCUT2D eigenvalue weighted by Crippen LogP contribution is -2.42. The summed E-state index contributed by atoms with van der Waals surface area (Å²) in [5, 5.41) is 0.704. The number of piperidine rings is 1. The molecule has 2 aliphatic rings. The van der Waals surface area contributed by atoms with Crippen LogP contribution in [0.25, 0.3) is 5.69 Å². The van der Waals surface area contributed by atoms with Gasteiger partial charge in [-0.3, -0.25) is 0 Å². The first-order valence-electron chi connectivity index (χ1n) is 9.17. The number of anilines is 1. The summed E-state index contributed by atoms with van der Waals surface area (Å²) in [5.41, 5.74) is 0.363. The number of ether oxygens (including phenoxy) is 1. The van der Waals surface area contributed by atoms with E-state index in [-0.39, 0.29) is 5.41 Å². The van der Waals surface area contributed by atoms with E-state index in [9.17, 15) is 4.79 Å². The molecule has 8 heteroatoms. The molecule has 1 atom stereocenters. The normalized spacial score (nSPS) is 21.8. The molecule has 1 aromatic heterocycles. The predicted molar refractivity (Wildman–Crippen MR) is 106 cm³/mol. The van der Waals surface area contributed by atoms with Crippen LogP contribution in [0.1, 0.15) is 32.0 Å². The van der Waals surface area contributed by atoms with Crippen molar-refractivity contribution in [2.24, 2.45) is 5.41 Å². The maximum Gasteiger partial charge on any atom is 0.356 e. The number of benzene rings is 1. The zero-order valence-corrected chi connectivity index (χ0v) is 16.9. The standard InChI is InChI=1S/C19H22Cl2N4O2/c1-12-10-19(11-27-12)6-8-24(9-7-19)17-22-13(2)25(18(26)23-17)15-5-3-4-14(20)16(15)21/h3-5,12H,6-11H2,1-2H3/t12-/m0/s1. The van der Waals surface area contributed by atoms with Gasteiger partial charge in [0.05, 0.1) is 28.4 Å². The molecule has 2 aliphatic heterocycles. The molecular formula is C19H22Cl2N4O2. The Balaban J connectivity index is 1.60. The highest BCUT2D eigenvalue weighted by atomic mass is 35.5. The smallest absolute Gasteiger partial charge is 0.356 e. The Hall–Kier alpha value is -1.63. The summed E-state index contributed by atoms with van der Waals surface area (Å²) in [6, 6.07) is 5.16. The molecule has 2 aromatic rings. The van der Waals surface area contributed by atoms with Crippen LogP contribution in [0.15, 0.2) is 23.0 Å². The number of aromatic nitrogens is 3. The van der Waals surface area contributed by atoms with Crippen LogP contribution in [0, 0.1) is 12.3 Å². The molecule has 0 saturated carbocycles. The molecular weight excluding hydrogens is 387 g/mol. The molecule has 3 heterocycles. The van der Waals surface area contributed by atoms with E-state index < -0.39 is 5.69 Å². The van der Waals surface area contributed by atoms with Crippen molar-refractivity contribution < 1.29 is 4.74 Å². The second-order valence-electron chi connectivity index (χ2n) is 7.57. The Morgan fingerprint density at radius 2 is 1.96 bits per heavy atom. The summed E-state index contributed by atoms with van der Waals surface area (Å²) in [5.74, 6) is 1.01. The molecule has 0 unspecified atom stereocenters. The Morgan fingerprint density at radius 1 is 1.22 bits per heavy atom. The SMILES string of the molecule is Cc1nc(N2CCC3(CC2)CO[C@@H](C)C3)nc(=O)n1-c1cccc(Cl)c1Cl. The molecule has 0 amide bonds. The minimum atomic E-state index is -0.403. The quantitative estimate of drug-likeness (QED) is 0.758. The number of hydrogen-bond acceptors (Lipinski definition) is 5. The van der Waals surface area contributed by atoms with Crippen molar-refractivity contribution in [2.45, 2.75) is 39.2 Å². The first-order valence-corrected chi connectivity index (χ1v) is 9.93. The number of aryl methyl sites for hydroxylation is 1. The summed E-state index contributed by atoms with van der Waals surface area (Å²) in [7, 11) is 0. The van der Waals surface area contributed by atoms with Crippen molar-refractivity contribution in [1.29, 1.82) is 0 Å². The lowest BCUT2D eigenvalue weighted by molar-refractivity contribution is 0.0975. The van der Waals surface area contributed by atoms with Crippen molar-refractivity contribution >= 4 is 29.2 Å². The van der Waals surface area contributed by atoms with Crippen LogP contribution in [0.4, 0.5) is 5.95 Å². The average molecular weight is 409 g/mol. The fourth-order valence-corrected chi connectivity index (χ4v) is 4.53. The lowest BCUT2D eigenvalue weighted by Gasteiger charge is -2.38. The first-order chi connectivity index (χ1) is 12.9. The molecule has 6 nitrogen and oxygen atoms in total. The Bertz CT molecular complexity index is 922. The van der Waals surface area contributed by atoms with Gasteiger partial charge in [-0.25, -0.2) is 9.36 Å². The molecule has 2 saturated heterocycles. The van der Waals surface area contributed by atoms with E-state index in [1.807, 2.05) is 0 Å². The highest BCUT2D eigenvalue weighted by molar-refractivity contribution is 6.43. The summed E-state index contributed by atoms with van der Waals surface area (Å²) < 4.78 is 7.18. The van der Waals surface area contributed by atoms with E-state index in [4.69, 9.17) is 27.9 Å². The van der Waals surface area contributed by atoms with Crippen LogP contribution in [-0.4, -0.2) is 40.3 Å². The third kappa shape index (κ3) is 3.46. The van der Waals surface area contributed by atoms with Crippen molar-refractivity contribution in [3.05, 3.63) is 44.6 Å². The fourth-order valence-electron chi connectivity index (χ4n) is 4.15. The molecule has 27 heavy (non-hydrogen) atoms. The number of rotatable bonds is 2. The van der Waals surface area contributed by atoms with Crippen molar-refractivity contribution in [2.75, 3.05) is 24.6 Å². The highest BCUT2D eigenvalue weighted by Gasteiger charge is 2.41. The number of halogens is 2. The van der Waals surface area contributed by atoms with Crippen molar-refractivity contribution in [3.8, 4) is 5.69 Å². The second-order valence-corrected chi connectivity index (χ2v) is 8.36. The molecule has 0 radical (unpaired) electrons. The lowest BCUT2D eigenvalue weighted by atomic mass is 9.77. The second kappa shape index (κ2) is 7.08. The summed E-state index contributed by atoms with van der Waals surface area (Å²) in [6.45, 7) is 6.40. The van der Waals surface area contributed by atoms with E-state index in [1.165, 1.54) is 4.57 Å². The highest BCUT2D eigenvalue weighted by Crippen LogP contribution is 2.42.